The van der Waals surface area contributed by atoms with Gasteiger partial charge in [0.05, 0.1) is 5.41 Å². The van der Waals surface area contributed by atoms with Crippen LogP contribution in [0.3, 0.4) is 0 Å². The molecule has 0 atom stereocenters. The highest BCUT2D eigenvalue weighted by atomic mass is 15.1. The molecule has 13 rings (SSSR count). The average Bonchev–Trinajstić information content (AvgIpc) is 4.25. The number of fused-ring (bicyclic) bond motifs is 16. The molecule has 0 N–H and O–H groups in total. The van der Waals surface area contributed by atoms with Crippen LogP contribution < -0.4 is 4.90 Å². The SMILES string of the molecule is CC(C)c1cc(-c2ccc(N(c3ccc4c(c3)C(C)(C)c3ccccc3-4)c3ccc4c(c3)C(C)(C)c3ccccc3-4)cc2)c2c(c1)C1(c3cc(C(C)(C)C)ccc3-c3ccc(C(C)(C)C)cc31)c1cc(C(C)(C)C)ccc1-2. The minimum Gasteiger partial charge on any atom is -0.310 e. The van der Waals surface area contributed by atoms with Gasteiger partial charge in [-0.25, -0.2) is 0 Å². The van der Waals surface area contributed by atoms with Crippen LogP contribution in [0.15, 0.2) is 176 Å². The maximum absolute atomic E-state index is 2.62. The molecule has 0 saturated heterocycles. The molecule has 0 aliphatic heterocycles. The fourth-order valence-corrected chi connectivity index (χ4v) is 14.2. The molecule has 9 aromatic carbocycles. The predicted octanol–water partition coefficient (Wildman–Crippen LogP) is 20.8. The Labute approximate surface area is 460 Å². The fourth-order valence-electron chi connectivity index (χ4n) is 14.2. The molecule has 0 saturated carbocycles. The molecule has 1 spiro atoms. The van der Waals surface area contributed by atoms with Crippen LogP contribution in [0.2, 0.25) is 0 Å². The van der Waals surface area contributed by atoms with E-state index in [0.29, 0.717) is 5.92 Å². The molecule has 4 aliphatic carbocycles. The van der Waals surface area contributed by atoms with Gasteiger partial charge in [0.2, 0.25) is 0 Å². The van der Waals surface area contributed by atoms with E-state index < -0.39 is 5.41 Å². The monoisotopic (exact) mass is 1000 g/mol. The van der Waals surface area contributed by atoms with Gasteiger partial charge in [-0.1, -0.05) is 243 Å². The molecule has 4 aliphatic rings. The minimum absolute atomic E-state index is 0.0261. The Morgan fingerprint density at radius 1 is 0.325 bits per heavy atom. The van der Waals surface area contributed by atoms with Gasteiger partial charge in [0.15, 0.2) is 0 Å². The summed E-state index contributed by atoms with van der Waals surface area (Å²) in [4.78, 5) is 2.52. The number of rotatable bonds is 5. The molecule has 0 radical (unpaired) electrons. The Bertz CT molecular complexity index is 3770. The molecule has 0 aromatic heterocycles. The van der Waals surface area contributed by atoms with Crippen LogP contribution in [0, 0.1) is 0 Å². The van der Waals surface area contributed by atoms with Gasteiger partial charge in [-0.05, 0) is 181 Å². The van der Waals surface area contributed by atoms with Crippen molar-refractivity contribution in [3.05, 3.63) is 243 Å². The van der Waals surface area contributed by atoms with Crippen LogP contribution in [0.1, 0.15) is 177 Å². The normalized spacial score (nSPS) is 15.6. The highest BCUT2D eigenvalue weighted by Gasteiger charge is 2.54. The number of nitrogens with zero attached hydrogens (tertiary/aromatic N) is 1. The maximum Gasteiger partial charge on any atom is 0.0726 e. The van der Waals surface area contributed by atoms with E-state index in [2.05, 4.69) is 285 Å². The van der Waals surface area contributed by atoms with Gasteiger partial charge < -0.3 is 4.90 Å². The van der Waals surface area contributed by atoms with Crippen LogP contribution in [-0.4, -0.2) is 0 Å². The van der Waals surface area contributed by atoms with Crippen LogP contribution in [0.5, 0.6) is 0 Å². The second-order valence-corrected chi connectivity index (χ2v) is 27.6. The summed E-state index contributed by atoms with van der Waals surface area (Å²) in [6, 6.07) is 69.5. The van der Waals surface area contributed by atoms with Gasteiger partial charge in [-0.3, -0.25) is 0 Å². The molecule has 0 amide bonds. The van der Waals surface area contributed by atoms with E-state index in [1.54, 1.807) is 0 Å². The quantitative estimate of drug-likeness (QED) is 0.166. The number of hydrogen-bond donors (Lipinski definition) is 0. The third-order valence-electron chi connectivity index (χ3n) is 18.7. The lowest BCUT2D eigenvalue weighted by atomic mass is 9.67. The highest BCUT2D eigenvalue weighted by molar-refractivity contribution is 6.01. The van der Waals surface area contributed by atoms with Gasteiger partial charge in [0.1, 0.15) is 0 Å². The zero-order chi connectivity index (χ0) is 54.1. The summed E-state index contributed by atoms with van der Waals surface area (Å²) in [6.07, 6.45) is 0. The van der Waals surface area contributed by atoms with E-state index in [-0.39, 0.29) is 27.1 Å². The van der Waals surface area contributed by atoms with Crippen LogP contribution in [-0.2, 0) is 32.5 Å². The molecule has 0 heterocycles. The molecule has 1 heteroatoms. The van der Waals surface area contributed by atoms with E-state index in [1.807, 2.05) is 0 Å². The summed E-state index contributed by atoms with van der Waals surface area (Å²) in [5, 5.41) is 0. The summed E-state index contributed by atoms with van der Waals surface area (Å²) < 4.78 is 0. The third kappa shape index (κ3) is 7.10. The van der Waals surface area contributed by atoms with Crippen molar-refractivity contribution in [1.82, 2.24) is 0 Å². The average molecular weight is 1000 g/mol. The second-order valence-electron chi connectivity index (χ2n) is 27.6. The van der Waals surface area contributed by atoms with Gasteiger partial charge >= 0.3 is 0 Å². The van der Waals surface area contributed by atoms with Crippen LogP contribution in [0.25, 0.3) is 55.6 Å². The highest BCUT2D eigenvalue weighted by Crippen LogP contribution is 2.66. The van der Waals surface area contributed by atoms with Gasteiger partial charge in [0, 0.05) is 27.9 Å². The van der Waals surface area contributed by atoms with E-state index in [1.165, 1.54) is 134 Å². The topological polar surface area (TPSA) is 3.24 Å². The molecule has 1 nitrogen and oxygen atoms in total. The Balaban J connectivity index is 1.04. The lowest BCUT2D eigenvalue weighted by Crippen LogP contribution is -2.28. The van der Waals surface area contributed by atoms with E-state index in [4.69, 9.17) is 0 Å². The van der Waals surface area contributed by atoms with E-state index >= 15 is 0 Å². The number of hydrogen-bond acceptors (Lipinski definition) is 1. The minimum atomic E-state index is -0.516. The Kier molecular flexibility index (Phi) is 10.5. The lowest BCUT2D eigenvalue weighted by molar-refractivity contribution is 0.584. The van der Waals surface area contributed by atoms with E-state index in [0.717, 1.165) is 5.69 Å². The Morgan fingerprint density at radius 2 is 0.701 bits per heavy atom. The molecule has 9 aromatic rings. The number of benzene rings is 9. The Morgan fingerprint density at radius 3 is 1.14 bits per heavy atom. The van der Waals surface area contributed by atoms with Gasteiger partial charge in [-0.15, -0.1) is 0 Å². The summed E-state index contributed by atoms with van der Waals surface area (Å²) in [5.74, 6) is 0.312. The molecule has 0 unspecified atom stereocenters. The van der Waals surface area contributed by atoms with Crippen LogP contribution >= 0.6 is 0 Å². The Hall–Kier alpha value is -7.22. The first-order valence-corrected chi connectivity index (χ1v) is 28.4. The third-order valence-corrected chi connectivity index (χ3v) is 18.7. The molecule has 77 heavy (non-hydrogen) atoms. The van der Waals surface area contributed by atoms with Crippen molar-refractivity contribution in [3.8, 4) is 55.6 Å². The second kappa shape index (κ2) is 16.4. The fraction of sp³-hybridized carbons (Fsp3) is 0.289. The standard InChI is InChI=1S/C76H75N/c1-45(2)47-38-61(70-60-35-28-50(73(9,10)11)42-68(60)76(69(70)39-47)66-40-48(71(3,4)5)26-33-58(66)59-34-27-49(41-67(59)76)72(6,7)8)46-24-29-51(30-25-46)77(52-31-36-56-54-20-16-18-22-62(54)74(12,13)64(56)43-52)53-32-37-57-55-21-17-19-23-63(55)75(14,15)65(57)44-53/h16-45H,1-15H3. The lowest BCUT2D eigenvalue weighted by Gasteiger charge is -2.34. The molecular formula is C76H75N. The van der Waals surface area contributed by atoms with Crippen molar-refractivity contribution in [3.63, 3.8) is 0 Å². The molecular weight excluding hydrogens is 927 g/mol. The van der Waals surface area contributed by atoms with Crippen molar-refractivity contribution in [2.45, 2.75) is 142 Å². The van der Waals surface area contributed by atoms with Gasteiger partial charge in [-0.2, -0.15) is 0 Å². The molecule has 384 valence electrons. The maximum atomic E-state index is 2.62. The predicted molar refractivity (Wildman–Crippen MR) is 328 cm³/mol. The largest absolute Gasteiger partial charge is 0.310 e. The van der Waals surface area contributed by atoms with Crippen molar-refractivity contribution < 1.29 is 0 Å². The van der Waals surface area contributed by atoms with Gasteiger partial charge in [0.25, 0.3) is 0 Å². The van der Waals surface area contributed by atoms with Crippen molar-refractivity contribution in [2.75, 3.05) is 4.90 Å². The van der Waals surface area contributed by atoms with Crippen molar-refractivity contribution in [1.29, 1.82) is 0 Å². The zero-order valence-corrected chi connectivity index (χ0v) is 48.3. The zero-order valence-electron chi connectivity index (χ0n) is 48.3. The van der Waals surface area contributed by atoms with E-state index in [9.17, 15) is 0 Å². The molecule has 0 fully saturated rings. The first-order valence-electron chi connectivity index (χ1n) is 28.4. The summed E-state index contributed by atoms with van der Waals surface area (Å²) in [5.41, 5.74) is 32.5. The van der Waals surface area contributed by atoms with Crippen LogP contribution in [0.4, 0.5) is 17.1 Å². The summed E-state index contributed by atoms with van der Waals surface area (Å²) in [6.45, 7) is 35.6. The summed E-state index contributed by atoms with van der Waals surface area (Å²) >= 11 is 0. The summed E-state index contributed by atoms with van der Waals surface area (Å²) in [7, 11) is 0. The number of anilines is 3. The first kappa shape index (κ1) is 49.4. The van der Waals surface area contributed by atoms with Crippen molar-refractivity contribution in [2.24, 2.45) is 0 Å². The first-order chi connectivity index (χ1) is 36.4. The smallest absolute Gasteiger partial charge is 0.0726 e. The molecule has 0 bridgehead atoms. The van der Waals surface area contributed by atoms with Crippen molar-refractivity contribution >= 4 is 17.1 Å².